The second kappa shape index (κ2) is 8.53. The number of methoxy groups -OCH3 is 2. The third kappa shape index (κ3) is 4.15. The monoisotopic (exact) mass is 421 g/mol. The number of ether oxygens (including phenoxy) is 2. The standard InChI is InChI=1S/C20H19N7O4/c1-29-13-8-9-14(15(10-13)30-2)22-16(28)11-27-18(21)17(24-26-27)20-23-19(25-31-20)12-6-4-3-5-7-12/h3-10H,11,21H2,1-2H3,(H,22,28). The molecule has 0 radical (unpaired) electrons. The van der Waals surface area contributed by atoms with Crippen LogP contribution in [0.15, 0.2) is 53.1 Å². The first-order chi connectivity index (χ1) is 15.1. The van der Waals surface area contributed by atoms with Gasteiger partial charge in [-0.15, -0.1) is 5.10 Å². The quantitative estimate of drug-likeness (QED) is 0.459. The van der Waals surface area contributed by atoms with Crippen molar-refractivity contribution in [3.8, 4) is 34.5 Å². The van der Waals surface area contributed by atoms with Gasteiger partial charge in [-0.25, -0.2) is 4.68 Å². The molecule has 0 unspecified atom stereocenters. The van der Waals surface area contributed by atoms with Gasteiger partial charge in [-0.1, -0.05) is 40.7 Å². The van der Waals surface area contributed by atoms with Gasteiger partial charge in [-0.3, -0.25) is 4.79 Å². The minimum absolute atomic E-state index is 0.111. The highest BCUT2D eigenvalue weighted by molar-refractivity contribution is 5.92. The highest BCUT2D eigenvalue weighted by Gasteiger charge is 2.20. The first-order valence-electron chi connectivity index (χ1n) is 9.19. The van der Waals surface area contributed by atoms with Crippen LogP contribution in [0.2, 0.25) is 0 Å². The molecule has 158 valence electrons. The van der Waals surface area contributed by atoms with Crippen LogP contribution >= 0.6 is 0 Å². The number of carbonyl (C=O) groups excluding carboxylic acids is 1. The smallest absolute Gasteiger partial charge is 0.282 e. The number of hydrogen-bond donors (Lipinski definition) is 2. The van der Waals surface area contributed by atoms with E-state index in [0.29, 0.717) is 23.0 Å². The molecule has 0 atom stereocenters. The van der Waals surface area contributed by atoms with Gasteiger partial charge in [0.05, 0.1) is 19.9 Å². The fourth-order valence-electron chi connectivity index (χ4n) is 2.84. The number of carbonyl (C=O) groups is 1. The van der Waals surface area contributed by atoms with E-state index in [1.807, 2.05) is 30.3 Å². The van der Waals surface area contributed by atoms with Crippen LogP contribution in [0.4, 0.5) is 11.5 Å². The zero-order valence-corrected chi connectivity index (χ0v) is 16.8. The topological polar surface area (TPSA) is 143 Å². The molecular weight excluding hydrogens is 402 g/mol. The van der Waals surface area contributed by atoms with Crippen molar-refractivity contribution in [2.75, 3.05) is 25.3 Å². The van der Waals surface area contributed by atoms with Gasteiger partial charge in [0.2, 0.25) is 11.7 Å². The van der Waals surface area contributed by atoms with Crippen LogP contribution in [0.1, 0.15) is 0 Å². The summed E-state index contributed by atoms with van der Waals surface area (Å²) >= 11 is 0. The summed E-state index contributed by atoms with van der Waals surface area (Å²) in [6, 6.07) is 14.4. The Kier molecular flexibility index (Phi) is 5.47. The lowest BCUT2D eigenvalue weighted by atomic mass is 10.2. The van der Waals surface area contributed by atoms with Crippen molar-refractivity contribution in [3.63, 3.8) is 0 Å². The van der Waals surface area contributed by atoms with E-state index < -0.39 is 0 Å². The first-order valence-corrected chi connectivity index (χ1v) is 9.19. The molecule has 1 amide bonds. The van der Waals surface area contributed by atoms with Crippen LogP contribution in [0.5, 0.6) is 11.5 Å². The molecule has 31 heavy (non-hydrogen) atoms. The molecule has 0 bridgehead atoms. The maximum atomic E-state index is 12.5. The van der Waals surface area contributed by atoms with Crippen molar-refractivity contribution in [1.29, 1.82) is 0 Å². The maximum Gasteiger partial charge on any atom is 0.282 e. The number of nitrogens with one attached hydrogen (secondary N) is 1. The molecule has 0 fully saturated rings. The number of benzene rings is 2. The predicted molar refractivity (Wildman–Crippen MR) is 111 cm³/mol. The molecule has 0 aliphatic heterocycles. The molecule has 2 heterocycles. The highest BCUT2D eigenvalue weighted by atomic mass is 16.5. The van der Waals surface area contributed by atoms with E-state index in [2.05, 4.69) is 25.8 Å². The van der Waals surface area contributed by atoms with Gasteiger partial charge in [0.1, 0.15) is 18.0 Å². The Hall–Kier alpha value is -4.41. The second-order valence-electron chi connectivity index (χ2n) is 6.38. The Balaban J connectivity index is 1.49. The van der Waals surface area contributed by atoms with Crippen molar-refractivity contribution in [2.24, 2.45) is 0 Å². The van der Waals surface area contributed by atoms with E-state index >= 15 is 0 Å². The Labute approximate surface area is 176 Å². The maximum absolute atomic E-state index is 12.5. The molecule has 11 heteroatoms. The molecular formula is C20H19N7O4. The van der Waals surface area contributed by atoms with Crippen LogP contribution in [0.25, 0.3) is 23.0 Å². The minimum Gasteiger partial charge on any atom is -0.497 e. The summed E-state index contributed by atoms with van der Waals surface area (Å²) in [5.41, 5.74) is 7.58. The summed E-state index contributed by atoms with van der Waals surface area (Å²) in [6.45, 7) is -0.173. The van der Waals surface area contributed by atoms with Crippen molar-refractivity contribution >= 4 is 17.4 Å². The van der Waals surface area contributed by atoms with Gasteiger partial charge in [0.15, 0.2) is 11.5 Å². The predicted octanol–water partition coefficient (Wildman–Crippen LogP) is 2.23. The van der Waals surface area contributed by atoms with Crippen molar-refractivity contribution < 1.29 is 18.8 Å². The average Bonchev–Trinajstić information content (AvgIpc) is 3.42. The number of aromatic nitrogens is 5. The SMILES string of the molecule is COc1ccc(NC(=O)Cn2nnc(-c3nc(-c4ccccc4)no3)c2N)c(OC)c1. The number of anilines is 2. The summed E-state index contributed by atoms with van der Waals surface area (Å²) in [6.07, 6.45) is 0. The molecule has 4 rings (SSSR count). The van der Waals surface area contributed by atoms with Crippen molar-refractivity contribution in [3.05, 3.63) is 48.5 Å². The number of nitrogen functional groups attached to an aromatic ring is 1. The molecule has 0 aliphatic rings. The van der Waals surface area contributed by atoms with Crippen molar-refractivity contribution in [2.45, 2.75) is 6.54 Å². The molecule has 4 aromatic rings. The van der Waals surface area contributed by atoms with E-state index in [1.54, 1.807) is 25.3 Å². The lowest BCUT2D eigenvalue weighted by Gasteiger charge is -2.11. The summed E-state index contributed by atoms with van der Waals surface area (Å²) in [5.74, 6) is 1.32. The van der Waals surface area contributed by atoms with E-state index in [0.717, 1.165) is 5.56 Å². The van der Waals surface area contributed by atoms with E-state index in [9.17, 15) is 4.79 Å². The lowest BCUT2D eigenvalue weighted by Crippen LogP contribution is -2.21. The zero-order valence-electron chi connectivity index (χ0n) is 16.8. The van der Waals surface area contributed by atoms with Gasteiger partial charge in [0.25, 0.3) is 5.89 Å². The summed E-state index contributed by atoms with van der Waals surface area (Å²) in [5, 5.41) is 14.6. The first kappa shape index (κ1) is 19.9. The Morgan fingerprint density at radius 2 is 1.97 bits per heavy atom. The number of amides is 1. The van der Waals surface area contributed by atoms with Gasteiger partial charge in [-0.2, -0.15) is 4.98 Å². The zero-order chi connectivity index (χ0) is 21.8. The number of nitrogens with two attached hydrogens (primary N) is 1. The summed E-state index contributed by atoms with van der Waals surface area (Å²) in [4.78, 5) is 16.8. The molecule has 2 aromatic carbocycles. The molecule has 11 nitrogen and oxygen atoms in total. The van der Waals surface area contributed by atoms with Crippen LogP contribution < -0.4 is 20.5 Å². The molecule has 0 spiro atoms. The van der Waals surface area contributed by atoms with Crippen LogP contribution in [-0.2, 0) is 11.3 Å². The third-order valence-corrected chi connectivity index (χ3v) is 4.41. The summed E-state index contributed by atoms with van der Waals surface area (Å²) < 4.78 is 16.9. The molecule has 2 aromatic heterocycles. The Morgan fingerprint density at radius 3 is 2.71 bits per heavy atom. The fourth-order valence-corrected chi connectivity index (χ4v) is 2.84. The van der Waals surface area contributed by atoms with E-state index in [4.69, 9.17) is 19.7 Å². The Morgan fingerprint density at radius 1 is 1.16 bits per heavy atom. The third-order valence-electron chi connectivity index (χ3n) is 4.41. The minimum atomic E-state index is -0.373. The van der Waals surface area contributed by atoms with E-state index in [-0.39, 0.29) is 29.9 Å². The van der Waals surface area contributed by atoms with Gasteiger partial charge < -0.3 is 25.0 Å². The van der Waals surface area contributed by atoms with Crippen LogP contribution in [0.3, 0.4) is 0 Å². The fraction of sp³-hybridized carbons (Fsp3) is 0.150. The average molecular weight is 421 g/mol. The second-order valence-corrected chi connectivity index (χ2v) is 6.38. The molecule has 3 N–H and O–H groups in total. The lowest BCUT2D eigenvalue weighted by molar-refractivity contribution is -0.116. The molecule has 0 aliphatic carbocycles. The molecule has 0 saturated carbocycles. The van der Waals surface area contributed by atoms with Crippen LogP contribution in [-0.4, -0.2) is 45.3 Å². The largest absolute Gasteiger partial charge is 0.497 e. The summed E-state index contributed by atoms with van der Waals surface area (Å²) in [7, 11) is 3.05. The van der Waals surface area contributed by atoms with E-state index in [1.165, 1.54) is 11.8 Å². The Bertz CT molecular complexity index is 1200. The van der Waals surface area contributed by atoms with Gasteiger partial charge in [0, 0.05) is 11.6 Å². The highest BCUT2D eigenvalue weighted by Crippen LogP contribution is 2.29. The molecule has 0 saturated heterocycles. The normalized spacial score (nSPS) is 10.6. The number of rotatable bonds is 7. The van der Waals surface area contributed by atoms with Gasteiger partial charge >= 0.3 is 0 Å². The number of hydrogen-bond acceptors (Lipinski definition) is 9. The number of nitrogens with zero attached hydrogens (tertiary/aromatic N) is 5. The van der Waals surface area contributed by atoms with Crippen LogP contribution in [0, 0.1) is 0 Å². The van der Waals surface area contributed by atoms with Crippen molar-refractivity contribution in [1.82, 2.24) is 25.1 Å². The van der Waals surface area contributed by atoms with Gasteiger partial charge in [-0.05, 0) is 12.1 Å².